The highest BCUT2D eigenvalue weighted by molar-refractivity contribution is 5.67. The number of rotatable bonds is 3. The lowest BCUT2D eigenvalue weighted by Crippen LogP contribution is -2.42. The molecule has 1 fully saturated rings. The van der Waals surface area contributed by atoms with Crippen molar-refractivity contribution in [3.05, 3.63) is 93.9 Å². The highest BCUT2D eigenvalue weighted by atomic mass is 16.6. The number of carbonyl (C=O) groups excluding carboxylic acids is 1. The molecule has 3 aliphatic rings. The number of hydrogen-bond acceptors (Lipinski definition) is 7. The van der Waals surface area contributed by atoms with Crippen LogP contribution in [0.5, 0.6) is 11.5 Å². The minimum Gasteiger partial charge on any atom is -0.487 e. The van der Waals surface area contributed by atoms with Crippen molar-refractivity contribution in [2.45, 2.75) is 38.7 Å². The number of benzene rings is 2. The summed E-state index contributed by atoms with van der Waals surface area (Å²) in [5, 5.41) is 0. The summed E-state index contributed by atoms with van der Waals surface area (Å²) in [4.78, 5) is 27.9. The van der Waals surface area contributed by atoms with E-state index in [0.717, 1.165) is 11.3 Å². The Kier molecular flexibility index (Phi) is 9.13. The molecule has 0 unspecified atom stereocenters. The number of aromatic nitrogens is 1. The molecule has 0 atom stereocenters. The third-order valence-corrected chi connectivity index (χ3v) is 6.90. The van der Waals surface area contributed by atoms with Crippen molar-refractivity contribution in [2.75, 3.05) is 39.5 Å². The zero-order valence-electron chi connectivity index (χ0n) is 22.0. The van der Waals surface area contributed by atoms with E-state index in [0.29, 0.717) is 69.4 Å². The highest BCUT2D eigenvalue weighted by Gasteiger charge is 2.27. The number of hydrogen-bond donors (Lipinski definition) is 0. The van der Waals surface area contributed by atoms with Crippen molar-refractivity contribution in [1.29, 1.82) is 0 Å². The molecule has 1 aromatic heterocycles. The maximum Gasteiger partial charge on any atom is 0.410 e. The highest BCUT2D eigenvalue weighted by Crippen LogP contribution is 2.27. The largest absolute Gasteiger partial charge is 0.487 e. The van der Waals surface area contributed by atoms with Crippen molar-refractivity contribution in [3.8, 4) is 11.5 Å². The maximum absolute atomic E-state index is 13.6. The van der Waals surface area contributed by atoms with Crippen molar-refractivity contribution in [3.63, 3.8) is 0 Å². The Morgan fingerprint density at radius 2 is 1.44 bits per heavy atom. The number of amides is 1. The van der Waals surface area contributed by atoms with Crippen LogP contribution < -0.4 is 15.0 Å². The summed E-state index contributed by atoms with van der Waals surface area (Å²) in [5.74, 6) is 1.30. The summed E-state index contributed by atoms with van der Waals surface area (Å²) in [6.45, 7) is 3.10. The second-order valence-electron chi connectivity index (χ2n) is 9.53. The minimum absolute atomic E-state index is 0.0560. The van der Waals surface area contributed by atoms with Gasteiger partial charge in [-0.1, -0.05) is 42.5 Å². The van der Waals surface area contributed by atoms with Crippen molar-refractivity contribution < 1.29 is 28.5 Å². The Bertz CT molecular complexity index is 1290. The van der Waals surface area contributed by atoms with Gasteiger partial charge in [-0.15, -0.1) is 0 Å². The van der Waals surface area contributed by atoms with Crippen LogP contribution in [0.3, 0.4) is 0 Å². The van der Waals surface area contributed by atoms with Gasteiger partial charge < -0.3 is 33.2 Å². The molecule has 3 aliphatic heterocycles. The van der Waals surface area contributed by atoms with E-state index in [-0.39, 0.29) is 37.5 Å². The number of ether oxygens (including phenoxy) is 5. The molecule has 1 amide bonds. The Hall–Kier alpha value is -3.82. The fourth-order valence-electron chi connectivity index (χ4n) is 4.85. The monoisotopic (exact) mass is 534 g/mol. The Morgan fingerprint density at radius 1 is 0.795 bits per heavy atom. The zero-order chi connectivity index (χ0) is 26.9. The third-order valence-electron chi connectivity index (χ3n) is 6.90. The van der Waals surface area contributed by atoms with Crippen LogP contribution in [-0.2, 0) is 34.0 Å². The van der Waals surface area contributed by atoms with Gasteiger partial charge in [-0.25, -0.2) is 4.79 Å². The number of fused-ring (bicyclic) bond motifs is 10. The van der Waals surface area contributed by atoms with Gasteiger partial charge in [-0.05, 0) is 42.7 Å². The fraction of sp³-hybridized carbons (Fsp3) is 0.400. The summed E-state index contributed by atoms with van der Waals surface area (Å²) >= 11 is 0. The Labute approximate surface area is 227 Å². The van der Waals surface area contributed by atoms with Gasteiger partial charge in [0, 0.05) is 30.4 Å². The van der Waals surface area contributed by atoms with Crippen molar-refractivity contribution in [2.24, 2.45) is 0 Å². The lowest BCUT2D eigenvalue weighted by Gasteiger charge is -2.33. The van der Waals surface area contributed by atoms with Gasteiger partial charge >= 0.3 is 6.09 Å². The molecule has 0 radical (unpaired) electrons. The van der Waals surface area contributed by atoms with E-state index in [1.165, 1.54) is 0 Å². The molecule has 4 heterocycles. The molecule has 6 rings (SSSR count). The first-order chi connectivity index (χ1) is 19.2. The second kappa shape index (κ2) is 13.3. The number of likely N-dealkylation sites (tertiary alicyclic amines) is 1. The van der Waals surface area contributed by atoms with E-state index < -0.39 is 0 Å². The lowest BCUT2D eigenvalue weighted by molar-refractivity contribution is 0.0701. The van der Waals surface area contributed by atoms with E-state index in [1.807, 2.05) is 71.3 Å². The van der Waals surface area contributed by atoms with E-state index in [9.17, 15) is 9.59 Å². The summed E-state index contributed by atoms with van der Waals surface area (Å²) in [6.07, 6.45) is 0.956. The van der Waals surface area contributed by atoms with Crippen LogP contribution in [0.15, 0.2) is 71.5 Å². The molecule has 0 aliphatic carbocycles. The van der Waals surface area contributed by atoms with Crippen LogP contribution in [0.4, 0.5) is 4.79 Å². The lowest BCUT2D eigenvalue weighted by atomic mass is 10.0. The molecule has 3 aromatic rings. The average Bonchev–Trinajstić information content (AvgIpc) is 2.97. The Morgan fingerprint density at radius 3 is 2.13 bits per heavy atom. The quantitative estimate of drug-likeness (QED) is 0.494. The number of pyridine rings is 1. The van der Waals surface area contributed by atoms with Gasteiger partial charge in [0.25, 0.3) is 5.56 Å². The molecule has 39 heavy (non-hydrogen) atoms. The maximum atomic E-state index is 13.6. The van der Waals surface area contributed by atoms with Gasteiger partial charge in [-0.2, -0.15) is 0 Å². The topological polar surface area (TPSA) is 88.5 Å². The first-order valence-electron chi connectivity index (χ1n) is 13.4. The first-order valence-corrected chi connectivity index (χ1v) is 13.4. The smallest absolute Gasteiger partial charge is 0.410 e. The Balaban J connectivity index is 1.24. The molecule has 1 saturated heterocycles. The molecule has 9 nitrogen and oxygen atoms in total. The summed E-state index contributed by atoms with van der Waals surface area (Å²) in [6, 6.07) is 20.8. The molecule has 0 spiro atoms. The second-order valence-corrected chi connectivity index (χ2v) is 9.53. The standard InChI is InChI=1S/C30H34N2O7/c33-29-24-10-11-26(22-36-17-19-38-28-9-5-4-8-27(28)37-18-16-35-21-24)32(29)25-12-14-31(15-13-25)30(34)39-20-23-6-2-1-3-7-23/h1-11,25H,12-22H2. The molecule has 2 bridgehead atoms. The van der Waals surface area contributed by atoms with E-state index in [1.54, 1.807) is 4.90 Å². The number of carbonyl (C=O) groups is 1. The van der Waals surface area contributed by atoms with Crippen LogP contribution in [0.2, 0.25) is 0 Å². The van der Waals surface area contributed by atoms with E-state index in [2.05, 4.69) is 0 Å². The minimum atomic E-state index is -0.333. The summed E-state index contributed by atoms with van der Waals surface area (Å²) in [5.41, 5.74) is 2.24. The van der Waals surface area contributed by atoms with Gasteiger partial charge in [0.05, 0.1) is 26.4 Å². The fourth-order valence-corrected chi connectivity index (χ4v) is 4.85. The van der Waals surface area contributed by atoms with Crippen molar-refractivity contribution in [1.82, 2.24) is 9.47 Å². The van der Waals surface area contributed by atoms with Crippen LogP contribution in [0, 0.1) is 0 Å². The predicted octanol–water partition coefficient (Wildman–Crippen LogP) is 4.33. The average molecular weight is 535 g/mol. The molecule has 0 saturated carbocycles. The molecule has 206 valence electrons. The summed E-state index contributed by atoms with van der Waals surface area (Å²) < 4.78 is 30.7. The zero-order valence-corrected chi connectivity index (χ0v) is 22.0. The molecular formula is C30H34N2O7. The first kappa shape index (κ1) is 26.8. The SMILES string of the molecule is O=C(OCc1ccccc1)N1CCC(n2c3ccc(c2=O)COCCOc2ccccc2OCCOC3)CC1. The van der Waals surface area contributed by atoms with Crippen LogP contribution in [0.25, 0.3) is 0 Å². The van der Waals surface area contributed by atoms with Gasteiger partial charge in [-0.3, -0.25) is 4.79 Å². The van der Waals surface area contributed by atoms with Crippen LogP contribution >= 0.6 is 0 Å². The van der Waals surface area contributed by atoms with Gasteiger partial charge in [0.15, 0.2) is 11.5 Å². The third kappa shape index (κ3) is 6.99. The number of para-hydroxylation sites is 2. The van der Waals surface area contributed by atoms with Crippen LogP contribution in [0.1, 0.15) is 35.7 Å². The normalized spacial score (nSPS) is 17.1. The summed E-state index contributed by atoms with van der Waals surface area (Å²) in [7, 11) is 0. The molecule has 0 N–H and O–H groups in total. The number of piperidine rings is 1. The molecule has 2 aromatic carbocycles. The number of nitrogens with zero attached hydrogens (tertiary/aromatic N) is 2. The molecular weight excluding hydrogens is 500 g/mol. The van der Waals surface area contributed by atoms with Crippen LogP contribution in [-0.4, -0.2) is 55.1 Å². The predicted molar refractivity (Wildman–Crippen MR) is 144 cm³/mol. The van der Waals surface area contributed by atoms with Gasteiger partial charge in [0.1, 0.15) is 19.8 Å². The van der Waals surface area contributed by atoms with Crippen molar-refractivity contribution >= 4 is 6.09 Å². The van der Waals surface area contributed by atoms with E-state index >= 15 is 0 Å². The molecule has 9 heteroatoms. The van der Waals surface area contributed by atoms with E-state index in [4.69, 9.17) is 23.7 Å². The van der Waals surface area contributed by atoms with Gasteiger partial charge in [0.2, 0.25) is 0 Å².